The van der Waals surface area contributed by atoms with Gasteiger partial charge in [0.1, 0.15) is 5.01 Å². The van der Waals surface area contributed by atoms with Gasteiger partial charge in [0.05, 0.1) is 5.69 Å². The monoisotopic (exact) mass is 303 g/mol. The van der Waals surface area contributed by atoms with E-state index in [0.29, 0.717) is 13.0 Å². The van der Waals surface area contributed by atoms with Crippen LogP contribution in [0.2, 0.25) is 0 Å². The van der Waals surface area contributed by atoms with Crippen LogP contribution >= 0.6 is 11.3 Å². The first-order valence-electron chi connectivity index (χ1n) is 6.61. The fourth-order valence-corrected chi connectivity index (χ4v) is 2.71. The lowest BCUT2D eigenvalue weighted by molar-refractivity contribution is -0.119. The number of rotatable bonds is 5. The number of amides is 2. The number of carbonyl (C=O) groups excluding carboxylic acids is 2. The van der Waals surface area contributed by atoms with Crippen molar-refractivity contribution in [1.29, 1.82) is 0 Å². The van der Waals surface area contributed by atoms with Gasteiger partial charge in [0.15, 0.2) is 0 Å². The summed E-state index contributed by atoms with van der Waals surface area (Å²) >= 11 is 1.55. The molecule has 0 atom stereocenters. The quantitative estimate of drug-likeness (QED) is 0.891. The molecule has 1 heterocycles. The summed E-state index contributed by atoms with van der Waals surface area (Å²) in [7, 11) is 0. The lowest BCUT2D eigenvalue weighted by Gasteiger charge is -2.03. The van der Waals surface area contributed by atoms with Crippen LogP contribution < -0.4 is 10.6 Å². The van der Waals surface area contributed by atoms with Gasteiger partial charge in [-0.25, -0.2) is 4.98 Å². The average Bonchev–Trinajstić information content (AvgIpc) is 2.86. The number of hydrogen-bond donors (Lipinski definition) is 2. The molecule has 0 bridgehead atoms. The number of carbonyl (C=O) groups is 2. The van der Waals surface area contributed by atoms with E-state index in [1.807, 2.05) is 29.6 Å². The van der Waals surface area contributed by atoms with Crippen molar-refractivity contribution < 1.29 is 9.59 Å². The average molecular weight is 303 g/mol. The highest BCUT2D eigenvalue weighted by Crippen LogP contribution is 2.26. The number of benzene rings is 1. The van der Waals surface area contributed by atoms with E-state index in [-0.39, 0.29) is 11.8 Å². The molecule has 0 spiro atoms. The Hall–Kier alpha value is -2.21. The van der Waals surface area contributed by atoms with E-state index in [1.165, 1.54) is 13.8 Å². The Labute approximate surface area is 127 Å². The van der Waals surface area contributed by atoms with E-state index in [4.69, 9.17) is 0 Å². The van der Waals surface area contributed by atoms with Crippen molar-refractivity contribution in [3.05, 3.63) is 35.3 Å². The van der Waals surface area contributed by atoms with E-state index in [9.17, 15) is 9.59 Å². The molecule has 2 aromatic rings. The van der Waals surface area contributed by atoms with E-state index < -0.39 is 0 Å². The Morgan fingerprint density at radius 1 is 1.24 bits per heavy atom. The zero-order valence-electron chi connectivity index (χ0n) is 12.0. The second kappa shape index (κ2) is 6.99. The van der Waals surface area contributed by atoms with E-state index in [0.717, 1.165) is 22.0 Å². The number of thiazole rings is 1. The molecule has 2 N–H and O–H groups in total. The van der Waals surface area contributed by atoms with Gasteiger partial charge in [-0.05, 0) is 12.1 Å². The molecular weight excluding hydrogens is 286 g/mol. The second-order valence-electron chi connectivity index (χ2n) is 4.64. The Morgan fingerprint density at radius 2 is 2.05 bits per heavy atom. The highest BCUT2D eigenvalue weighted by atomic mass is 32.1. The van der Waals surface area contributed by atoms with Gasteiger partial charge in [0.25, 0.3) is 0 Å². The highest BCUT2D eigenvalue weighted by molar-refractivity contribution is 7.13. The zero-order chi connectivity index (χ0) is 15.2. The Morgan fingerprint density at radius 3 is 2.76 bits per heavy atom. The smallest absolute Gasteiger partial charge is 0.221 e. The third-order valence-corrected chi connectivity index (χ3v) is 3.68. The molecule has 2 amide bonds. The van der Waals surface area contributed by atoms with Crippen LogP contribution in [0.25, 0.3) is 10.6 Å². The number of nitrogens with one attached hydrogen (secondary N) is 2. The summed E-state index contributed by atoms with van der Waals surface area (Å²) in [6.45, 7) is 3.57. The molecule has 2 rings (SSSR count). The predicted octanol–water partition coefficient (Wildman–Crippen LogP) is 2.45. The van der Waals surface area contributed by atoms with Gasteiger partial charge in [-0.3, -0.25) is 9.59 Å². The van der Waals surface area contributed by atoms with Crippen molar-refractivity contribution in [3.8, 4) is 10.6 Å². The minimum absolute atomic E-state index is 0.0338. The fraction of sp³-hybridized carbons (Fsp3) is 0.267. The summed E-state index contributed by atoms with van der Waals surface area (Å²) in [5.41, 5.74) is 2.68. The van der Waals surface area contributed by atoms with E-state index in [2.05, 4.69) is 15.6 Å². The molecule has 1 aromatic carbocycles. The summed E-state index contributed by atoms with van der Waals surface area (Å²) in [6.07, 6.45) is 0.710. The molecule has 110 valence electrons. The van der Waals surface area contributed by atoms with Crippen LogP contribution in [0.15, 0.2) is 29.6 Å². The molecule has 0 saturated carbocycles. The van der Waals surface area contributed by atoms with Gasteiger partial charge >= 0.3 is 0 Å². The molecule has 0 saturated heterocycles. The minimum Gasteiger partial charge on any atom is -0.356 e. The normalized spacial score (nSPS) is 10.2. The van der Waals surface area contributed by atoms with E-state index >= 15 is 0 Å². The lowest BCUT2D eigenvalue weighted by atomic mass is 10.2. The molecule has 1 aromatic heterocycles. The molecule has 0 aliphatic carbocycles. The van der Waals surface area contributed by atoms with Crippen molar-refractivity contribution >= 4 is 28.8 Å². The zero-order valence-corrected chi connectivity index (χ0v) is 12.8. The topological polar surface area (TPSA) is 71.1 Å². The van der Waals surface area contributed by atoms with Gasteiger partial charge in [0, 0.05) is 43.4 Å². The molecule has 0 unspecified atom stereocenters. The second-order valence-corrected chi connectivity index (χ2v) is 5.50. The van der Waals surface area contributed by atoms with Gasteiger partial charge in [-0.2, -0.15) is 0 Å². The molecule has 5 nitrogen and oxygen atoms in total. The molecule has 0 aliphatic rings. The predicted molar refractivity (Wildman–Crippen MR) is 84.2 cm³/mol. The summed E-state index contributed by atoms with van der Waals surface area (Å²) in [6, 6.07) is 7.59. The number of nitrogens with zero attached hydrogens (tertiary/aromatic N) is 1. The first-order valence-corrected chi connectivity index (χ1v) is 7.49. The molecule has 0 radical (unpaired) electrons. The number of hydrogen-bond acceptors (Lipinski definition) is 4. The van der Waals surface area contributed by atoms with Gasteiger partial charge < -0.3 is 10.6 Å². The maximum atomic E-state index is 11.1. The van der Waals surface area contributed by atoms with Crippen LogP contribution in [0.1, 0.15) is 19.5 Å². The van der Waals surface area contributed by atoms with Crippen molar-refractivity contribution in [2.75, 3.05) is 11.9 Å². The molecular formula is C15H17N3O2S. The van der Waals surface area contributed by atoms with Crippen LogP contribution in [0.3, 0.4) is 0 Å². The molecule has 21 heavy (non-hydrogen) atoms. The Kier molecular flexibility index (Phi) is 5.05. The first-order chi connectivity index (χ1) is 10.0. The van der Waals surface area contributed by atoms with Gasteiger partial charge in [-0.1, -0.05) is 12.1 Å². The van der Waals surface area contributed by atoms with Crippen LogP contribution in [0, 0.1) is 0 Å². The summed E-state index contributed by atoms with van der Waals surface area (Å²) in [4.78, 5) is 26.5. The maximum Gasteiger partial charge on any atom is 0.221 e. The fourth-order valence-electron chi connectivity index (χ4n) is 1.85. The van der Waals surface area contributed by atoms with Gasteiger partial charge in [-0.15, -0.1) is 11.3 Å². The largest absolute Gasteiger partial charge is 0.356 e. The van der Waals surface area contributed by atoms with Crippen LogP contribution in [-0.4, -0.2) is 23.3 Å². The summed E-state index contributed by atoms with van der Waals surface area (Å²) in [5, 5.41) is 8.40. The van der Waals surface area contributed by atoms with Crippen LogP contribution in [0.4, 0.5) is 5.69 Å². The molecule has 0 aliphatic heterocycles. The summed E-state index contributed by atoms with van der Waals surface area (Å²) < 4.78 is 0. The van der Waals surface area contributed by atoms with Crippen molar-refractivity contribution in [2.24, 2.45) is 0 Å². The van der Waals surface area contributed by atoms with Crippen LogP contribution in [0.5, 0.6) is 0 Å². The van der Waals surface area contributed by atoms with Crippen molar-refractivity contribution in [1.82, 2.24) is 10.3 Å². The SMILES string of the molecule is CC(=O)NCCc1csc(-c2cccc(NC(C)=O)c2)n1. The van der Waals surface area contributed by atoms with Gasteiger partial charge in [0.2, 0.25) is 11.8 Å². The summed E-state index contributed by atoms with van der Waals surface area (Å²) in [5.74, 6) is -0.129. The van der Waals surface area contributed by atoms with E-state index in [1.54, 1.807) is 11.3 Å². The minimum atomic E-state index is -0.0951. The Bertz CT molecular complexity index is 652. The third-order valence-electron chi connectivity index (χ3n) is 2.74. The molecule has 6 heteroatoms. The Balaban J connectivity index is 2.06. The third kappa shape index (κ3) is 4.68. The first kappa shape index (κ1) is 15.2. The van der Waals surface area contributed by atoms with Crippen molar-refractivity contribution in [3.63, 3.8) is 0 Å². The van der Waals surface area contributed by atoms with Crippen molar-refractivity contribution in [2.45, 2.75) is 20.3 Å². The molecule has 0 fully saturated rings. The van der Waals surface area contributed by atoms with Crippen LogP contribution in [-0.2, 0) is 16.0 Å². The maximum absolute atomic E-state index is 11.1. The number of aromatic nitrogens is 1. The highest BCUT2D eigenvalue weighted by Gasteiger charge is 2.06. The standard InChI is InChI=1S/C15H17N3O2S/c1-10(19)16-7-6-14-9-21-15(18-14)12-4-3-5-13(8-12)17-11(2)20/h3-5,8-9H,6-7H2,1-2H3,(H,16,19)(H,17,20). The lowest BCUT2D eigenvalue weighted by Crippen LogP contribution is -2.22. The number of anilines is 1.